The molecule has 2 rings (SSSR count). The Morgan fingerprint density at radius 2 is 1.76 bits per heavy atom. The van der Waals surface area contributed by atoms with Crippen molar-refractivity contribution in [3.8, 4) is 0 Å². The van der Waals surface area contributed by atoms with Gasteiger partial charge in [0.1, 0.15) is 11.3 Å². The summed E-state index contributed by atoms with van der Waals surface area (Å²) in [5.41, 5.74) is -0.597. The van der Waals surface area contributed by atoms with E-state index >= 15 is 0 Å². The van der Waals surface area contributed by atoms with Gasteiger partial charge >= 0.3 is 17.9 Å². The molecule has 0 bridgehead atoms. The maximum Gasteiger partial charge on any atom is 0.342 e. The largest absolute Gasteiger partial charge is 0.511 e. The van der Waals surface area contributed by atoms with Crippen LogP contribution in [-0.4, -0.2) is 44.3 Å². The minimum atomic E-state index is -0.793. The van der Waals surface area contributed by atoms with E-state index in [0.29, 0.717) is 19.3 Å². The summed E-state index contributed by atoms with van der Waals surface area (Å²) < 4.78 is 14.4. The molecule has 1 saturated carbocycles. The lowest BCUT2D eigenvalue weighted by Gasteiger charge is -2.34. The Bertz CT molecular complexity index is 646. The molecule has 25 heavy (non-hydrogen) atoms. The van der Waals surface area contributed by atoms with E-state index in [1.807, 2.05) is 6.92 Å². The van der Waals surface area contributed by atoms with Crippen LogP contribution in [0, 0.1) is 17.3 Å². The number of ether oxygens (including phenoxy) is 3. The lowest BCUT2D eigenvalue weighted by Crippen LogP contribution is -2.32. The highest BCUT2D eigenvalue weighted by atomic mass is 16.5. The van der Waals surface area contributed by atoms with Gasteiger partial charge in [0, 0.05) is 6.42 Å². The number of fused-ring (bicyclic) bond motifs is 1. The van der Waals surface area contributed by atoms with Gasteiger partial charge < -0.3 is 19.3 Å². The Morgan fingerprint density at radius 1 is 1.12 bits per heavy atom. The highest BCUT2D eigenvalue weighted by molar-refractivity contribution is 6.07. The summed E-state index contributed by atoms with van der Waals surface area (Å²) in [6.45, 7) is 1.97. The van der Waals surface area contributed by atoms with Gasteiger partial charge in [0.05, 0.1) is 32.8 Å². The summed E-state index contributed by atoms with van der Waals surface area (Å²) in [5.74, 6) is -2.46. The minimum absolute atomic E-state index is 0.0376. The predicted octanol–water partition coefficient (Wildman–Crippen LogP) is 2.07. The zero-order chi connectivity index (χ0) is 18.8. The van der Waals surface area contributed by atoms with Crippen molar-refractivity contribution in [2.45, 2.75) is 32.6 Å². The second-order valence-corrected chi connectivity index (χ2v) is 6.76. The van der Waals surface area contributed by atoms with E-state index in [1.165, 1.54) is 21.3 Å². The Morgan fingerprint density at radius 3 is 2.32 bits per heavy atom. The lowest BCUT2D eigenvalue weighted by molar-refractivity contribution is -0.147. The monoisotopic (exact) mass is 352 g/mol. The third-order valence-electron chi connectivity index (χ3n) is 5.41. The summed E-state index contributed by atoms with van der Waals surface area (Å²) in [6.07, 6.45) is 3.46. The number of hydrogen-bond donors (Lipinski definition) is 1. The Kier molecular flexibility index (Phi) is 5.55. The van der Waals surface area contributed by atoms with Gasteiger partial charge in [-0.25, -0.2) is 9.59 Å². The van der Waals surface area contributed by atoms with Gasteiger partial charge in [-0.1, -0.05) is 13.0 Å². The maximum absolute atomic E-state index is 12.1. The molecule has 2 aliphatic rings. The lowest BCUT2D eigenvalue weighted by atomic mass is 9.70. The second-order valence-electron chi connectivity index (χ2n) is 6.76. The highest BCUT2D eigenvalue weighted by Crippen LogP contribution is 2.53. The molecule has 0 amide bonds. The number of methoxy groups -OCH3 is 3. The van der Waals surface area contributed by atoms with Crippen LogP contribution in [0.25, 0.3) is 0 Å². The molecular formula is C18H24O7. The average Bonchev–Trinajstić information content (AvgIpc) is 2.90. The molecule has 7 nitrogen and oxygen atoms in total. The summed E-state index contributed by atoms with van der Waals surface area (Å²) in [5, 5.41) is 10.6. The van der Waals surface area contributed by atoms with Crippen molar-refractivity contribution in [2.24, 2.45) is 17.3 Å². The number of esters is 3. The maximum atomic E-state index is 12.1. The van der Waals surface area contributed by atoms with E-state index in [4.69, 9.17) is 14.2 Å². The van der Waals surface area contributed by atoms with Gasteiger partial charge in [-0.2, -0.15) is 0 Å². The van der Waals surface area contributed by atoms with Gasteiger partial charge in [-0.15, -0.1) is 0 Å². The Hall–Kier alpha value is -2.31. The Balaban J connectivity index is 2.52. The third-order valence-corrected chi connectivity index (χ3v) is 5.41. The summed E-state index contributed by atoms with van der Waals surface area (Å²) in [6, 6.07) is 0. The molecule has 3 atom stereocenters. The molecular weight excluding hydrogens is 328 g/mol. The molecule has 0 aromatic heterocycles. The van der Waals surface area contributed by atoms with Gasteiger partial charge in [0.15, 0.2) is 0 Å². The topological polar surface area (TPSA) is 99.1 Å². The zero-order valence-corrected chi connectivity index (χ0v) is 15.0. The van der Waals surface area contributed by atoms with E-state index in [9.17, 15) is 19.5 Å². The molecule has 2 aliphatic carbocycles. The first-order valence-electron chi connectivity index (χ1n) is 8.16. The van der Waals surface area contributed by atoms with E-state index in [0.717, 1.165) is 0 Å². The van der Waals surface area contributed by atoms with Gasteiger partial charge in [-0.3, -0.25) is 4.79 Å². The summed E-state index contributed by atoms with van der Waals surface area (Å²) >= 11 is 0. The second kappa shape index (κ2) is 7.29. The Labute approximate surface area is 146 Å². The van der Waals surface area contributed by atoms with Crippen LogP contribution in [-0.2, 0) is 28.6 Å². The van der Waals surface area contributed by atoms with Crippen molar-refractivity contribution in [1.29, 1.82) is 0 Å². The van der Waals surface area contributed by atoms with Crippen LogP contribution in [0.1, 0.15) is 32.6 Å². The predicted molar refractivity (Wildman–Crippen MR) is 87.3 cm³/mol. The SMILES string of the molecule is COC(=O)C1=CC[C@@H]2[C@@H](C(=O)OC)CC[C@@]2(C)CC(O)=C1C(=O)OC. The number of carbonyl (C=O) groups excluding carboxylic acids is 3. The van der Waals surface area contributed by atoms with Crippen LogP contribution in [0.4, 0.5) is 0 Å². The molecule has 0 aliphatic heterocycles. The smallest absolute Gasteiger partial charge is 0.342 e. The van der Waals surface area contributed by atoms with Gasteiger partial charge in [0.2, 0.25) is 0 Å². The molecule has 0 heterocycles. The number of allylic oxidation sites excluding steroid dienone is 2. The van der Waals surface area contributed by atoms with Crippen LogP contribution >= 0.6 is 0 Å². The normalized spacial score (nSPS) is 29.0. The fourth-order valence-corrected chi connectivity index (χ4v) is 4.06. The first-order chi connectivity index (χ1) is 11.8. The molecule has 0 spiro atoms. The van der Waals surface area contributed by atoms with Gasteiger partial charge in [0.25, 0.3) is 0 Å². The summed E-state index contributed by atoms with van der Waals surface area (Å²) in [4.78, 5) is 36.3. The number of carbonyl (C=O) groups is 3. The molecule has 0 saturated heterocycles. The van der Waals surface area contributed by atoms with Crippen molar-refractivity contribution in [3.05, 3.63) is 23.0 Å². The fraction of sp³-hybridized carbons (Fsp3) is 0.611. The van der Waals surface area contributed by atoms with Crippen LogP contribution in [0.2, 0.25) is 0 Å². The van der Waals surface area contributed by atoms with Crippen LogP contribution in [0.3, 0.4) is 0 Å². The van der Waals surface area contributed by atoms with E-state index in [1.54, 1.807) is 6.08 Å². The quantitative estimate of drug-likeness (QED) is 0.613. The van der Waals surface area contributed by atoms with Crippen molar-refractivity contribution < 1.29 is 33.7 Å². The number of rotatable bonds is 3. The molecule has 1 fully saturated rings. The molecule has 7 heteroatoms. The zero-order valence-electron chi connectivity index (χ0n) is 15.0. The summed E-state index contributed by atoms with van der Waals surface area (Å²) in [7, 11) is 3.73. The third kappa shape index (κ3) is 3.41. The standard InChI is InChI=1S/C18H24O7/c1-18-8-7-10(15(20)23-2)12(18)6-5-11(16(21)24-3)14(13(19)9-18)17(22)25-4/h5,10,12,19H,6-9H2,1-4H3/t10-,12+,18-/m0/s1. The first kappa shape index (κ1) is 19.0. The van der Waals surface area contributed by atoms with E-state index in [-0.39, 0.29) is 46.5 Å². The molecule has 138 valence electrons. The molecule has 0 aromatic carbocycles. The van der Waals surface area contributed by atoms with Crippen molar-refractivity contribution in [1.82, 2.24) is 0 Å². The molecule has 1 N–H and O–H groups in total. The molecule has 0 radical (unpaired) electrons. The van der Waals surface area contributed by atoms with Crippen LogP contribution in [0.15, 0.2) is 23.0 Å². The van der Waals surface area contributed by atoms with Crippen molar-refractivity contribution in [3.63, 3.8) is 0 Å². The number of aliphatic hydroxyl groups is 1. The fourth-order valence-electron chi connectivity index (χ4n) is 4.06. The number of aliphatic hydroxyl groups excluding tert-OH is 1. The van der Waals surface area contributed by atoms with Crippen molar-refractivity contribution in [2.75, 3.05) is 21.3 Å². The van der Waals surface area contributed by atoms with E-state index < -0.39 is 11.9 Å². The average molecular weight is 352 g/mol. The molecule has 0 unspecified atom stereocenters. The minimum Gasteiger partial charge on any atom is -0.511 e. The first-order valence-corrected chi connectivity index (χ1v) is 8.16. The van der Waals surface area contributed by atoms with Crippen LogP contribution < -0.4 is 0 Å². The van der Waals surface area contributed by atoms with Crippen molar-refractivity contribution >= 4 is 17.9 Å². The highest BCUT2D eigenvalue weighted by Gasteiger charge is 2.49. The van der Waals surface area contributed by atoms with Gasteiger partial charge in [-0.05, 0) is 30.6 Å². The molecule has 0 aromatic rings. The number of hydrogen-bond acceptors (Lipinski definition) is 7. The van der Waals surface area contributed by atoms with E-state index in [2.05, 4.69) is 0 Å². The van der Waals surface area contributed by atoms with Crippen LogP contribution in [0.5, 0.6) is 0 Å².